The Morgan fingerprint density at radius 3 is 2.82 bits per heavy atom. The van der Waals surface area contributed by atoms with E-state index < -0.39 is 0 Å². The number of hydrogen-bond acceptors (Lipinski definition) is 4. The normalized spacial score (nSPS) is 19.4. The molecule has 17 heavy (non-hydrogen) atoms. The molecule has 0 radical (unpaired) electrons. The SMILES string of the molecule is N#Cc1cc(CO)ccc1N1CCC(CO)C1. The first-order valence-corrected chi connectivity index (χ1v) is 5.78. The topological polar surface area (TPSA) is 67.5 Å². The molecule has 1 aliphatic rings. The summed E-state index contributed by atoms with van der Waals surface area (Å²) in [5, 5.41) is 27.3. The van der Waals surface area contributed by atoms with E-state index in [9.17, 15) is 0 Å². The van der Waals surface area contributed by atoms with Gasteiger partial charge in [-0.05, 0) is 24.1 Å². The van der Waals surface area contributed by atoms with Crippen LogP contribution in [0.5, 0.6) is 0 Å². The maximum Gasteiger partial charge on any atom is 0.101 e. The third kappa shape index (κ3) is 2.41. The van der Waals surface area contributed by atoms with Crippen LogP contribution in [0.25, 0.3) is 0 Å². The monoisotopic (exact) mass is 232 g/mol. The standard InChI is InChI=1S/C13H16N2O2/c14-6-12-5-10(8-16)1-2-13(12)15-4-3-11(7-15)9-17/h1-2,5,11,16-17H,3-4,7-9H2. The molecule has 4 heteroatoms. The number of nitrogens with zero attached hydrogens (tertiary/aromatic N) is 2. The molecule has 0 amide bonds. The van der Waals surface area contributed by atoms with Crippen molar-refractivity contribution in [2.75, 3.05) is 24.6 Å². The van der Waals surface area contributed by atoms with Crippen LogP contribution >= 0.6 is 0 Å². The molecule has 4 nitrogen and oxygen atoms in total. The van der Waals surface area contributed by atoms with Gasteiger partial charge in [-0.1, -0.05) is 6.07 Å². The zero-order valence-corrected chi connectivity index (χ0v) is 9.63. The van der Waals surface area contributed by atoms with Crippen LogP contribution in [0.3, 0.4) is 0 Å². The van der Waals surface area contributed by atoms with Gasteiger partial charge in [0.25, 0.3) is 0 Å². The lowest BCUT2D eigenvalue weighted by molar-refractivity contribution is 0.238. The van der Waals surface area contributed by atoms with E-state index in [-0.39, 0.29) is 13.2 Å². The molecule has 90 valence electrons. The van der Waals surface area contributed by atoms with Crippen LogP contribution in [-0.4, -0.2) is 29.9 Å². The van der Waals surface area contributed by atoms with E-state index in [1.165, 1.54) is 0 Å². The Morgan fingerprint density at radius 1 is 1.41 bits per heavy atom. The van der Waals surface area contributed by atoms with Crippen molar-refractivity contribution >= 4 is 5.69 Å². The van der Waals surface area contributed by atoms with Gasteiger partial charge in [0.15, 0.2) is 0 Å². The molecular weight excluding hydrogens is 216 g/mol. The fourth-order valence-corrected chi connectivity index (χ4v) is 2.25. The molecule has 0 aromatic heterocycles. The van der Waals surface area contributed by atoms with Gasteiger partial charge in [0.1, 0.15) is 6.07 Å². The fourth-order valence-electron chi connectivity index (χ4n) is 2.25. The summed E-state index contributed by atoms with van der Waals surface area (Å²) in [7, 11) is 0. The summed E-state index contributed by atoms with van der Waals surface area (Å²) in [4.78, 5) is 2.13. The van der Waals surface area contributed by atoms with Gasteiger partial charge in [0.05, 0.1) is 17.9 Å². The van der Waals surface area contributed by atoms with Crippen molar-refractivity contribution in [3.8, 4) is 6.07 Å². The van der Waals surface area contributed by atoms with Gasteiger partial charge in [0, 0.05) is 25.6 Å². The van der Waals surface area contributed by atoms with Crippen molar-refractivity contribution in [2.45, 2.75) is 13.0 Å². The van der Waals surface area contributed by atoms with Crippen LogP contribution < -0.4 is 4.90 Å². The Balaban J connectivity index is 2.24. The van der Waals surface area contributed by atoms with Crippen LogP contribution in [-0.2, 0) is 6.61 Å². The largest absolute Gasteiger partial charge is 0.396 e. The Bertz CT molecular complexity index is 440. The Labute approximate surface area is 101 Å². The van der Waals surface area contributed by atoms with Crippen molar-refractivity contribution in [3.63, 3.8) is 0 Å². The third-order valence-electron chi connectivity index (χ3n) is 3.25. The minimum atomic E-state index is -0.0474. The highest BCUT2D eigenvalue weighted by molar-refractivity contribution is 5.61. The molecule has 1 aromatic rings. The van der Waals surface area contributed by atoms with E-state index in [0.717, 1.165) is 30.8 Å². The average molecular weight is 232 g/mol. The lowest BCUT2D eigenvalue weighted by atomic mass is 10.1. The van der Waals surface area contributed by atoms with Gasteiger partial charge in [-0.15, -0.1) is 0 Å². The van der Waals surface area contributed by atoms with E-state index in [4.69, 9.17) is 15.5 Å². The van der Waals surface area contributed by atoms with Crippen molar-refractivity contribution in [3.05, 3.63) is 29.3 Å². The Morgan fingerprint density at radius 2 is 2.24 bits per heavy atom. The molecule has 0 spiro atoms. The predicted octanol–water partition coefficient (Wildman–Crippen LogP) is 0.869. The number of hydrogen-bond donors (Lipinski definition) is 2. The smallest absolute Gasteiger partial charge is 0.101 e. The molecule has 1 fully saturated rings. The summed E-state index contributed by atoms with van der Waals surface area (Å²) in [6.45, 7) is 1.82. The molecule has 1 atom stereocenters. The van der Waals surface area contributed by atoms with Gasteiger partial charge in [-0.2, -0.15) is 5.26 Å². The molecule has 0 aliphatic carbocycles. The van der Waals surface area contributed by atoms with Gasteiger partial charge >= 0.3 is 0 Å². The van der Waals surface area contributed by atoms with Crippen molar-refractivity contribution in [1.29, 1.82) is 5.26 Å². The van der Waals surface area contributed by atoms with Crippen molar-refractivity contribution in [2.24, 2.45) is 5.92 Å². The number of aliphatic hydroxyl groups is 2. The number of anilines is 1. The molecule has 0 saturated carbocycles. The lowest BCUT2D eigenvalue weighted by Crippen LogP contribution is -2.21. The van der Waals surface area contributed by atoms with Gasteiger partial charge in [-0.25, -0.2) is 0 Å². The maximum atomic E-state index is 9.11. The third-order valence-corrected chi connectivity index (χ3v) is 3.25. The highest BCUT2D eigenvalue weighted by atomic mass is 16.3. The molecular formula is C13H16N2O2. The van der Waals surface area contributed by atoms with E-state index in [2.05, 4.69) is 11.0 Å². The molecule has 1 aromatic carbocycles. The molecule has 1 saturated heterocycles. The molecule has 0 bridgehead atoms. The van der Waals surface area contributed by atoms with Crippen LogP contribution in [0.1, 0.15) is 17.5 Å². The fraction of sp³-hybridized carbons (Fsp3) is 0.462. The minimum Gasteiger partial charge on any atom is -0.396 e. The summed E-state index contributed by atoms with van der Waals surface area (Å²) in [6.07, 6.45) is 0.961. The first-order valence-electron chi connectivity index (χ1n) is 5.78. The second-order valence-electron chi connectivity index (χ2n) is 4.40. The van der Waals surface area contributed by atoms with Gasteiger partial charge in [-0.3, -0.25) is 0 Å². The number of aliphatic hydroxyl groups excluding tert-OH is 2. The molecule has 2 N–H and O–H groups in total. The predicted molar refractivity (Wildman–Crippen MR) is 64.5 cm³/mol. The van der Waals surface area contributed by atoms with Crippen LogP contribution in [0.2, 0.25) is 0 Å². The zero-order valence-electron chi connectivity index (χ0n) is 9.63. The van der Waals surface area contributed by atoms with Crippen LogP contribution in [0.15, 0.2) is 18.2 Å². The van der Waals surface area contributed by atoms with E-state index in [1.807, 2.05) is 12.1 Å². The van der Waals surface area contributed by atoms with E-state index >= 15 is 0 Å². The van der Waals surface area contributed by atoms with Gasteiger partial charge < -0.3 is 15.1 Å². The van der Waals surface area contributed by atoms with E-state index in [0.29, 0.717) is 11.5 Å². The minimum absolute atomic E-state index is 0.0474. The summed E-state index contributed by atoms with van der Waals surface area (Å²) in [6, 6.07) is 7.60. The van der Waals surface area contributed by atoms with Gasteiger partial charge in [0.2, 0.25) is 0 Å². The number of rotatable bonds is 3. The lowest BCUT2D eigenvalue weighted by Gasteiger charge is -2.20. The quantitative estimate of drug-likeness (QED) is 0.811. The molecule has 1 heterocycles. The Hall–Kier alpha value is -1.57. The van der Waals surface area contributed by atoms with Crippen LogP contribution in [0.4, 0.5) is 5.69 Å². The second kappa shape index (κ2) is 5.17. The first-order chi connectivity index (χ1) is 8.28. The summed E-state index contributed by atoms with van der Waals surface area (Å²) < 4.78 is 0. The number of nitriles is 1. The second-order valence-corrected chi connectivity index (χ2v) is 4.40. The van der Waals surface area contributed by atoms with E-state index in [1.54, 1.807) is 6.07 Å². The zero-order chi connectivity index (χ0) is 12.3. The molecule has 1 aliphatic heterocycles. The number of benzene rings is 1. The summed E-state index contributed by atoms with van der Waals surface area (Å²) >= 11 is 0. The average Bonchev–Trinajstić information content (AvgIpc) is 2.86. The van der Waals surface area contributed by atoms with Crippen LogP contribution in [0, 0.1) is 17.2 Å². The maximum absolute atomic E-state index is 9.11. The summed E-state index contributed by atoms with van der Waals surface area (Å²) in [5.41, 5.74) is 2.25. The van der Waals surface area contributed by atoms with Crippen molar-refractivity contribution in [1.82, 2.24) is 0 Å². The van der Waals surface area contributed by atoms with Crippen molar-refractivity contribution < 1.29 is 10.2 Å². The molecule has 1 unspecified atom stereocenters. The highest BCUT2D eigenvalue weighted by Crippen LogP contribution is 2.27. The Kier molecular flexibility index (Phi) is 3.62. The first kappa shape index (κ1) is 11.9. The molecule has 2 rings (SSSR count). The highest BCUT2D eigenvalue weighted by Gasteiger charge is 2.23. The summed E-state index contributed by atoms with van der Waals surface area (Å²) in [5.74, 6) is 0.305.